The van der Waals surface area contributed by atoms with Crippen molar-refractivity contribution in [2.75, 3.05) is 19.6 Å². The van der Waals surface area contributed by atoms with Gasteiger partial charge in [-0.15, -0.1) is 12.4 Å². The lowest BCUT2D eigenvalue weighted by Crippen LogP contribution is -2.52. The molecule has 0 saturated carbocycles. The Balaban J connectivity index is 0.00000128. The number of rotatable bonds is 1. The van der Waals surface area contributed by atoms with Gasteiger partial charge in [0.1, 0.15) is 5.69 Å². The molecule has 1 aliphatic rings. The molecule has 1 atom stereocenters. The third-order valence-corrected chi connectivity index (χ3v) is 3.26. The van der Waals surface area contributed by atoms with Crippen molar-refractivity contribution in [2.45, 2.75) is 13.0 Å². The number of aromatic amines is 1. The van der Waals surface area contributed by atoms with Crippen LogP contribution in [0.3, 0.4) is 0 Å². The van der Waals surface area contributed by atoms with Gasteiger partial charge in [0, 0.05) is 35.4 Å². The van der Waals surface area contributed by atoms with E-state index in [9.17, 15) is 4.79 Å². The molecule has 0 radical (unpaired) electrons. The van der Waals surface area contributed by atoms with Crippen LogP contribution in [0.4, 0.5) is 0 Å². The van der Waals surface area contributed by atoms with Crippen molar-refractivity contribution in [1.29, 1.82) is 0 Å². The summed E-state index contributed by atoms with van der Waals surface area (Å²) in [6.07, 6.45) is 1.85. The predicted octanol–water partition coefficient (Wildman–Crippen LogP) is 1.47. The van der Waals surface area contributed by atoms with Crippen molar-refractivity contribution in [3.05, 3.63) is 21.5 Å². The van der Waals surface area contributed by atoms with E-state index in [0.717, 1.165) is 23.2 Å². The Bertz CT molecular complexity index is 369. The summed E-state index contributed by atoms with van der Waals surface area (Å²) in [5.41, 5.74) is 0.688. The maximum Gasteiger partial charge on any atom is 0.270 e. The Labute approximate surface area is 115 Å². The molecule has 1 fully saturated rings. The molecule has 2 N–H and O–H groups in total. The monoisotopic (exact) mass is 355 g/mol. The Kier molecular flexibility index (Phi) is 5.07. The molecular formula is C10H15ClIN3O. The van der Waals surface area contributed by atoms with Gasteiger partial charge in [0.2, 0.25) is 0 Å². The lowest BCUT2D eigenvalue weighted by molar-refractivity contribution is 0.0650. The number of amides is 1. The van der Waals surface area contributed by atoms with E-state index in [4.69, 9.17) is 0 Å². The second-order valence-electron chi connectivity index (χ2n) is 3.78. The molecule has 16 heavy (non-hydrogen) atoms. The number of carbonyl (C=O) groups is 1. The molecule has 1 aliphatic heterocycles. The topological polar surface area (TPSA) is 48.1 Å². The van der Waals surface area contributed by atoms with E-state index in [-0.39, 0.29) is 24.4 Å². The van der Waals surface area contributed by atoms with Crippen LogP contribution in [0, 0.1) is 3.57 Å². The standard InChI is InChI=1S/C10H14IN3O.ClH/c1-7-5-12-2-3-14(7)10(15)9-4-8(11)6-13-9;/h4,6-7,12-13H,2-3,5H2,1H3;1H. The largest absolute Gasteiger partial charge is 0.356 e. The number of aromatic nitrogens is 1. The summed E-state index contributed by atoms with van der Waals surface area (Å²) >= 11 is 2.20. The summed E-state index contributed by atoms with van der Waals surface area (Å²) in [5, 5.41) is 3.27. The molecule has 0 bridgehead atoms. The van der Waals surface area contributed by atoms with E-state index in [1.165, 1.54) is 0 Å². The van der Waals surface area contributed by atoms with E-state index in [2.05, 4.69) is 39.8 Å². The van der Waals surface area contributed by atoms with Crippen LogP contribution in [0.2, 0.25) is 0 Å². The first-order valence-electron chi connectivity index (χ1n) is 5.04. The average Bonchev–Trinajstić information content (AvgIpc) is 2.65. The quantitative estimate of drug-likeness (QED) is 0.750. The van der Waals surface area contributed by atoms with E-state index in [1.807, 2.05) is 17.2 Å². The van der Waals surface area contributed by atoms with Crippen LogP contribution in [-0.2, 0) is 0 Å². The highest BCUT2D eigenvalue weighted by molar-refractivity contribution is 14.1. The van der Waals surface area contributed by atoms with E-state index >= 15 is 0 Å². The second kappa shape index (κ2) is 5.88. The molecular weight excluding hydrogens is 340 g/mol. The fourth-order valence-electron chi connectivity index (χ4n) is 1.79. The number of nitrogens with one attached hydrogen (secondary N) is 2. The minimum absolute atomic E-state index is 0. The normalized spacial score (nSPS) is 20.4. The molecule has 2 heterocycles. The van der Waals surface area contributed by atoms with Crippen LogP contribution in [0.1, 0.15) is 17.4 Å². The molecule has 0 aromatic carbocycles. The highest BCUT2D eigenvalue weighted by Gasteiger charge is 2.24. The zero-order valence-electron chi connectivity index (χ0n) is 9.00. The van der Waals surface area contributed by atoms with Crippen molar-refractivity contribution >= 4 is 40.9 Å². The summed E-state index contributed by atoms with van der Waals surface area (Å²) in [6, 6.07) is 2.16. The molecule has 6 heteroatoms. The molecule has 1 saturated heterocycles. The van der Waals surface area contributed by atoms with Gasteiger partial charge in [-0.05, 0) is 35.6 Å². The molecule has 1 aromatic rings. The van der Waals surface area contributed by atoms with Gasteiger partial charge in [-0.1, -0.05) is 0 Å². The number of carbonyl (C=O) groups excluding carboxylic acids is 1. The third kappa shape index (κ3) is 2.89. The van der Waals surface area contributed by atoms with Crippen molar-refractivity contribution in [3.63, 3.8) is 0 Å². The van der Waals surface area contributed by atoms with Gasteiger partial charge in [0.05, 0.1) is 0 Å². The van der Waals surface area contributed by atoms with Crippen LogP contribution < -0.4 is 5.32 Å². The lowest BCUT2D eigenvalue weighted by atomic mass is 10.2. The molecule has 4 nitrogen and oxygen atoms in total. The van der Waals surface area contributed by atoms with E-state index in [1.54, 1.807) is 0 Å². The summed E-state index contributed by atoms with van der Waals surface area (Å²) in [5.74, 6) is 0.104. The molecule has 1 aromatic heterocycles. The summed E-state index contributed by atoms with van der Waals surface area (Å²) in [7, 11) is 0. The molecule has 90 valence electrons. The van der Waals surface area contributed by atoms with Gasteiger partial charge in [0.15, 0.2) is 0 Å². The SMILES string of the molecule is CC1CNCCN1C(=O)c1cc(I)c[nH]1.Cl. The summed E-state index contributed by atoms with van der Waals surface area (Å²) < 4.78 is 1.07. The van der Waals surface area contributed by atoms with Gasteiger partial charge < -0.3 is 15.2 Å². The molecule has 2 rings (SSSR count). The number of hydrogen-bond donors (Lipinski definition) is 2. The minimum atomic E-state index is 0. The number of piperazine rings is 1. The number of H-pyrrole nitrogens is 1. The molecule has 1 amide bonds. The van der Waals surface area contributed by atoms with Crippen LogP contribution in [0.5, 0.6) is 0 Å². The van der Waals surface area contributed by atoms with Crippen molar-refractivity contribution in [2.24, 2.45) is 0 Å². The maximum atomic E-state index is 12.1. The van der Waals surface area contributed by atoms with E-state index in [0.29, 0.717) is 5.69 Å². The maximum absolute atomic E-state index is 12.1. The lowest BCUT2D eigenvalue weighted by Gasteiger charge is -2.33. The number of hydrogen-bond acceptors (Lipinski definition) is 2. The van der Waals surface area contributed by atoms with Crippen molar-refractivity contribution in [3.8, 4) is 0 Å². The van der Waals surface area contributed by atoms with Gasteiger partial charge in [-0.2, -0.15) is 0 Å². The fraction of sp³-hybridized carbons (Fsp3) is 0.500. The second-order valence-corrected chi connectivity index (χ2v) is 5.03. The van der Waals surface area contributed by atoms with Gasteiger partial charge in [0.25, 0.3) is 5.91 Å². The Hall–Kier alpha value is -0.270. The van der Waals surface area contributed by atoms with Crippen molar-refractivity contribution in [1.82, 2.24) is 15.2 Å². The zero-order chi connectivity index (χ0) is 10.8. The molecule has 0 spiro atoms. The first-order valence-corrected chi connectivity index (χ1v) is 6.12. The van der Waals surface area contributed by atoms with Crippen LogP contribution in [-0.4, -0.2) is 41.5 Å². The smallest absolute Gasteiger partial charge is 0.270 e. The highest BCUT2D eigenvalue weighted by atomic mass is 127. The first-order chi connectivity index (χ1) is 7.18. The minimum Gasteiger partial charge on any atom is -0.356 e. The van der Waals surface area contributed by atoms with Crippen LogP contribution >= 0.6 is 35.0 Å². The summed E-state index contributed by atoms with van der Waals surface area (Å²) in [6.45, 7) is 4.62. The third-order valence-electron chi connectivity index (χ3n) is 2.64. The van der Waals surface area contributed by atoms with Gasteiger partial charge in [-0.25, -0.2) is 0 Å². The average molecular weight is 356 g/mol. The Morgan fingerprint density at radius 1 is 1.62 bits per heavy atom. The predicted molar refractivity (Wildman–Crippen MR) is 74.1 cm³/mol. The first kappa shape index (κ1) is 13.8. The summed E-state index contributed by atoms with van der Waals surface area (Å²) in [4.78, 5) is 17.0. The Morgan fingerprint density at radius 3 is 2.94 bits per heavy atom. The number of nitrogens with zero attached hydrogens (tertiary/aromatic N) is 1. The van der Waals surface area contributed by atoms with E-state index < -0.39 is 0 Å². The van der Waals surface area contributed by atoms with Gasteiger partial charge >= 0.3 is 0 Å². The van der Waals surface area contributed by atoms with Crippen molar-refractivity contribution < 1.29 is 4.79 Å². The van der Waals surface area contributed by atoms with Crippen LogP contribution in [0.15, 0.2) is 12.3 Å². The Morgan fingerprint density at radius 2 is 2.38 bits per heavy atom. The fourth-order valence-corrected chi connectivity index (χ4v) is 2.26. The highest BCUT2D eigenvalue weighted by Crippen LogP contribution is 2.12. The number of halogens is 2. The molecule has 1 unspecified atom stereocenters. The molecule has 0 aliphatic carbocycles. The zero-order valence-corrected chi connectivity index (χ0v) is 12.0. The van der Waals surface area contributed by atoms with Gasteiger partial charge in [-0.3, -0.25) is 4.79 Å². The van der Waals surface area contributed by atoms with Crippen LogP contribution in [0.25, 0.3) is 0 Å².